The number of nitrogens with two attached hydrogens (primary N) is 2. The monoisotopic (exact) mass is 232 g/mol. The summed E-state index contributed by atoms with van der Waals surface area (Å²) in [7, 11) is 8.35. The molecule has 0 spiro atoms. The Morgan fingerprint density at radius 1 is 0.625 bits per heavy atom. The van der Waals surface area contributed by atoms with E-state index in [1.165, 1.54) is 12.8 Å². The van der Waals surface area contributed by atoms with Crippen molar-refractivity contribution >= 4 is 0 Å². The van der Waals surface area contributed by atoms with Gasteiger partial charge in [-0.05, 0) is 54.1 Å². The first-order valence-corrected chi connectivity index (χ1v) is 6.24. The van der Waals surface area contributed by atoms with Crippen molar-refractivity contribution in [2.45, 2.75) is 25.7 Å². The first kappa shape index (κ1) is 18.2. The maximum absolute atomic E-state index is 5.28. The van der Waals surface area contributed by atoms with Crippen molar-refractivity contribution in [1.29, 1.82) is 0 Å². The number of nitrogens with zero attached hydrogens (tertiary/aromatic N) is 2. The second-order valence-corrected chi connectivity index (χ2v) is 4.60. The molecule has 16 heavy (non-hydrogen) atoms. The molecule has 0 aromatic carbocycles. The van der Waals surface area contributed by atoms with E-state index in [9.17, 15) is 0 Å². The number of rotatable bonds is 8. The van der Waals surface area contributed by atoms with Crippen LogP contribution >= 0.6 is 0 Å². The summed E-state index contributed by atoms with van der Waals surface area (Å²) in [5.74, 6) is 0. The molecule has 0 rings (SSSR count). The lowest BCUT2D eigenvalue weighted by molar-refractivity contribution is 0.320. The predicted octanol–water partition coefficient (Wildman–Crippen LogP) is 0.574. The van der Waals surface area contributed by atoms with Crippen LogP contribution in [-0.2, 0) is 0 Å². The maximum atomic E-state index is 5.28. The van der Waals surface area contributed by atoms with Crippen molar-refractivity contribution in [3.8, 4) is 0 Å². The average Bonchev–Trinajstić information content (AvgIpc) is 2.23. The van der Waals surface area contributed by atoms with Gasteiger partial charge in [0.05, 0.1) is 0 Å². The number of unbranched alkanes of at least 4 members (excludes halogenated alkanes) is 3. The lowest BCUT2D eigenvalue weighted by atomic mass is 10.2. The van der Waals surface area contributed by atoms with Gasteiger partial charge in [0.2, 0.25) is 0 Å². The molecule has 0 atom stereocenters. The molecule has 0 aromatic heterocycles. The van der Waals surface area contributed by atoms with Gasteiger partial charge in [-0.25, -0.2) is 0 Å². The molecule has 0 fully saturated rings. The van der Waals surface area contributed by atoms with Gasteiger partial charge in [-0.15, -0.1) is 0 Å². The lowest BCUT2D eigenvalue weighted by Crippen LogP contribution is -2.25. The molecule has 0 amide bonds. The van der Waals surface area contributed by atoms with Gasteiger partial charge in [0, 0.05) is 13.1 Å². The minimum Gasteiger partial charge on any atom is -0.330 e. The molecule has 0 aliphatic carbocycles. The Hall–Kier alpha value is -0.160. The van der Waals surface area contributed by atoms with E-state index in [0.717, 1.165) is 39.0 Å². The molecule has 0 saturated heterocycles. The molecule has 0 heterocycles. The summed E-state index contributed by atoms with van der Waals surface area (Å²) >= 11 is 0. The molecule has 0 aromatic rings. The van der Waals surface area contributed by atoms with Crippen molar-refractivity contribution in [3.05, 3.63) is 0 Å². The Bertz CT molecular complexity index is 102. The second-order valence-electron chi connectivity index (χ2n) is 4.60. The van der Waals surface area contributed by atoms with Crippen LogP contribution in [0.1, 0.15) is 25.7 Å². The minimum atomic E-state index is 0.824. The van der Waals surface area contributed by atoms with Crippen LogP contribution in [0, 0.1) is 0 Å². The summed E-state index contributed by atoms with van der Waals surface area (Å²) in [6.07, 6.45) is 4.79. The van der Waals surface area contributed by atoms with Crippen LogP contribution in [0.15, 0.2) is 0 Å². The van der Waals surface area contributed by atoms with Crippen LogP contribution < -0.4 is 11.5 Å². The third-order valence-electron chi connectivity index (χ3n) is 2.15. The van der Waals surface area contributed by atoms with Gasteiger partial charge in [-0.1, -0.05) is 12.8 Å². The third-order valence-corrected chi connectivity index (χ3v) is 2.15. The highest BCUT2D eigenvalue weighted by Crippen LogP contribution is 1.95. The van der Waals surface area contributed by atoms with Crippen LogP contribution in [0.4, 0.5) is 0 Å². The predicted molar refractivity (Wildman–Crippen MR) is 73.7 cm³/mol. The van der Waals surface area contributed by atoms with Crippen LogP contribution in [0.25, 0.3) is 0 Å². The molecule has 4 nitrogen and oxygen atoms in total. The molecule has 0 saturated carbocycles. The number of hydrogen-bond acceptors (Lipinski definition) is 4. The van der Waals surface area contributed by atoms with Crippen molar-refractivity contribution in [1.82, 2.24) is 9.80 Å². The van der Waals surface area contributed by atoms with Crippen LogP contribution in [0.3, 0.4) is 0 Å². The SMILES string of the molecule is CN(C)CCN(C)C.NCCCCCCN. The fourth-order valence-corrected chi connectivity index (χ4v) is 1.04. The summed E-state index contributed by atoms with van der Waals surface area (Å²) in [5.41, 5.74) is 10.6. The van der Waals surface area contributed by atoms with Crippen molar-refractivity contribution in [2.75, 3.05) is 54.4 Å². The molecule has 4 heteroatoms. The van der Waals surface area contributed by atoms with E-state index in [2.05, 4.69) is 38.0 Å². The Balaban J connectivity index is 0. The first-order valence-electron chi connectivity index (χ1n) is 6.24. The Morgan fingerprint density at radius 2 is 0.938 bits per heavy atom. The molecule has 4 N–H and O–H groups in total. The highest BCUT2D eigenvalue weighted by molar-refractivity contribution is 4.46. The molecular weight excluding hydrogens is 200 g/mol. The second kappa shape index (κ2) is 14.8. The third kappa shape index (κ3) is 23.6. The van der Waals surface area contributed by atoms with E-state index >= 15 is 0 Å². The zero-order valence-corrected chi connectivity index (χ0v) is 11.7. The quantitative estimate of drug-likeness (QED) is 0.601. The summed E-state index contributed by atoms with van der Waals surface area (Å²) in [6, 6.07) is 0. The zero-order valence-electron chi connectivity index (χ0n) is 11.7. The van der Waals surface area contributed by atoms with Crippen LogP contribution in [0.5, 0.6) is 0 Å². The summed E-state index contributed by atoms with van der Waals surface area (Å²) in [5, 5.41) is 0. The number of likely N-dealkylation sites (N-methyl/N-ethyl adjacent to an activating group) is 2. The number of hydrogen-bond donors (Lipinski definition) is 2. The molecule has 0 aliphatic heterocycles. The van der Waals surface area contributed by atoms with Gasteiger partial charge in [-0.2, -0.15) is 0 Å². The van der Waals surface area contributed by atoms with Crippen molar-refractivity contribution < 1.29 is 0 Å². The van der Waals surface area contributed by atoms with Gasteiger partial charge in [0.25, 0.3) is 0 Å². The highest BCUT2D eigenvalue weighted by atomic mass is 15.1. The standard InChI is InChI=1S/2C6H16N2/c1-7(2)5-6-8(3)4;7-5-3-1-2-4-6-8/h5-6H2,1-4H3;1-8H2. The van der Waals surface area contributed by atoms with E-state index in [4.69, 9.17) is 11.5 Å². The molecule has 0 aliphatic rings. The van der Waals surface area contributed by atoms with Crippen LogP contribution in [-0.4, -0.2) is 64.2 Å². The smallest absolute Gasteiger partial charge is 0.0103 e. The highest BCUT2D eigenvalue weighted by Gasteiger charge is 1.89. The van der Waals surface area contributed by atoms with E-state index in [1.807, 2.05) is 0 Å². The topological polar surface area (TPSA) is 58.5 Å². The van der Waals surface area contributed by atoms with E-state index in [-0.39, 0.29) is 0 Å². The molecule has 0 bridgehead atoms. The molecule has 0 radical (unpaired) electrons. The Labute approximate surface area is 102 Å². The molecule has 100 valence electrons. The fraction of sp³-hybridized carbons (Fsp3) is 1.00. The van der Waals surface area contributed by atoms with Gasteiger partial charge in [0.15, 0.2) is 0 Å². The largest absolute Gasteiger partial charge is 0.330 e. The zero-order chi connectivity index (χ0) is 12.8. The molecule has 0 unspecified atom stereocenters. The van der Waals surface area contributed by atoms with Gasteiger partial charge < -0.3 is 21.3 Å². The van der Waals surface area contributed by atoms with Gasteiger partial charge >= 0.3 is 0 Å². The maximum Gasteiger partial charge on any atom is 0.0103 e. The average molecular weight is 232 g/mol. The van der Waals surface area contributed by atoms with Crippen LogP contribution in [0.2, 0.25) is 0 Å². The normalized spacial score (nSPS) is 10.5. The summed E-state index contributed by atoms with van der Waals surface area (Å²) in [6.45, 7) is 3.94. The van der Waals surface area contributed by atoms with Crippen molar-refractivity contribution in [3.63, 3.8) is 0 Å². The lowest BCUT2D eigenvalue weighted by Gasteiger charge is -2.13. The van der Waals surface area contributed by atoms with Crippen molar-refractivity contribution in [2.24, 2.45) is 11.5 Å². The Morgan fingerprint density at radius 3 is 1.12 bits per heavy atom. The fourth-order valence-electron chi connectivity index (χ4n) is 1.04. The summed E-state index contributed by atoms with van der Waals surface area (Å²) in [4.78, 5) is 4.36. The Kier molecular flexibility index (Phi) is 16.9. The summed E-state index contributed by atoms with van der Waals surface area (Å²) < 4.78 is 0. The first-order chi connectivity index (χ1) is 7.54. The minimum absolute atomic E-state index is 0.824. The van der Waals surface area contributed by atoms with E-state index < -0.39 is 0 Å². The van der Waals surface area contributed by atoms with Gasteiger partial charge in [-0.3, -0.25) is 0 Å². The molecular formula is C12H32N4. The van der Waals surface area contributed by atoms with E-state index in [0.29, 0.717) is 0 Å². The van der Waals surface area contributed by atoms with E-state index in [1.54, 1.807) is 0 Å². The van der Waals surface area contributed by atoms with Gasteiger partial charge in [0.1, 0.15) is 0 Å².